The Bertz CT molecular complexity index is 506. The van der Waals surface area contributed by atoms with Crippen LogP contribution < -0.4 is 5.73 Å². The van der Waals surface area contributed by atoms with Crippen LogP contribution in [-0.2, 0) is 10.3 Å². The Hall–Kier alpha value is -1.31. The molecule has 0 aliphatic rings. The number of hydrogen-bond donors (Lipinski definition) is 1. The van der Waals surface area contributed by atoms with Crippen molar-refractivity contribution < 1.29 is 9.26 Å². The third-order valence-electron chi connectivity index (χ3n) is 2.22. The minimum atomic E-state index is -0.762. The minimum Gasteiger partial charge on any atom is -0.382 e. The van der Waals surface area contributed by atoms with Crippen molar-refractivity contribution in [1.82, 2.24) is 15.1 Å². The lowest BCUT2D eigenvalue weighted by Crippen LogP contribution is -2.38. The van der Waals surface area contributed by atoms with Gasteiger partial charge in [-0.15, -0.1) is 11.3 Å². The molecule has 0 aromatic carbocycles. The van der Waals surface area contributed by atoms with Gasteiger partial charge in [0.25, 0.3) is 5.89 Å². The fourth-order valence-electron chi connectivity index (χ4n) is 1.39. The van der Waals surface area contributed by atoms with E-state index in [1.54, 1.807) is 14.0 Å². The summed E-state index contributed by atoms with van der Waals surface area (Å²) in [7, 11) is 1.58. The van der Waals surface area contributed by atoms with Crippen LogP contribution in [0.25, 0.3) is 11.6 Å². The van der Waals surface area contributed by atoms with Gasteiger partial charge in [-0.3, -0.25) is 0 Å². The monoisotopic (exact) mass is 254 g/mol. The molecule has 2 rings (SSSR count). The van der Waals surface area contributed by atoms with E-state index in [9.17, 15) is 0 Å². The highest BCUT2D eigenvalue weighted by Crippen LogP contribution is 2.22. The number of hydrogen-bond acceptors (Lipinski definition) is 7. The molecule has 0 saturated heterocycles. The first-order chi connectivity index (χ1) is 8.03. The van der Waals surface area contributed by atoms with Gasteiger partial charge in [0.15, 0.2) is 5.82 Å². The summed E-state index contributed by atoms with van der Waals surface area (Å²) in [6.07, 6.45) is 0. The maximum absolute atomic E-state index is 6.02. The number of ether oxygens (including phenoxy) is 1. The summed E-state index contributed by atoms with van der Waals surface area (Å²) in [5, 5.41) is 6.69. The lowest BCUT2D eigenvalue weighted by Gasteiger charge is -2.18. The third-order valence-corrected chi connectivity index (χ3v) is 2.99. The first kappa shape index (κ1) is 12.2. The van der Waals surface area contributed by atoms with E-state index in [4.69, 9.17) is 15.0 Å². The molecule has 0 bridgehead atoms. The number of rotatable bonds is 4. The Morgan fingerprint density at radius 3 is 2.88 bits per heavy atom. The molecule has 0 fully saturated rings. The summed E-state index contributed by atoms with van der Waals surface area (Å²) >= 11 is 1.53. The van der Waals surface area contributed by atoms with Crippen molar-refractivity contribution in [3.05, 3.63) is 16.2 Å². The molecule has 17 heavy (non-hydrogen) atoms. The number of nitrogens with zero attached hydrogens (tertiary/aromatic N) is 3. The number of methoxy groups -OCH3 is 1. The van der Waals surface area contributed by atoms with Crippen molar-refractivity contribution in [1.29, 1.82) is 0 Å². The van der Waals surface area contributed by atoms with Gasteiger partial charge in [0.2, 0.25) is 0 Å². The molecule has 6 nitrogen and oxygen atoms in total. The Morgan fingerprint density at radius 2 is 2.29 bits per heavy atom. The molecular weight excluding hydrogens is 240 g/mol. The van der Waals surface area contributed by atoms with Crippen molar-refractivity contribution in [3.8, 4) is 11.6 Å². The van der Waals surface area contributed by atoms with Gasteiger partial charge in [-0.25, -0.2) is 4.98 Å². The second kappa shape index (κ2) is 4.52. The molecular formula is C10H14N4O2S. The van der Waals surface area contributed by atoms with Crippen molar-refractivity contribution in [2.75, 3.05) is 13.7 Å². The molecule has 7 heteroatoms. The highest BCUT2D eigenvalue weighted by molar-refractivity contribution is 7.09. The average molecular weight is 254 g/mol. The molecule has 0 aliphatic carbocycles. The van der Waals surface area contributed by atoms with Crippen molar-refractivity contribution in [3.63, 3.8) is 0 Å². The zero-order valence-electron chi connectivity index (χ0n) is 9.93. The largest absolute Gasteiger partial charge is 0.382 e. The van der Waals surface area contributed by atoms with Gasteiger partial charge in [-0.2, -0.15) is 4.98 Å². The minimum absolute atomic E-state index is 0.321. The summed E-state index contributed by atoms with van der Waals surface area (Å²) in [5.74, 6) is 0.803. The molecule has 0 aliphatic heterocycles. The Balaban J connectivity index is 2.27. The van der Waals surface area contributed by atoms with E-state index in [2.05, 4.69) is 15.1 Å². The molecule has 0 amide bonds. The second-order valence-electron chi connectivity index (χ2n) is 4.03. The second-order valence-corrected chi connectivity index (χ2v) is 5.09. The molecule has 2 heterocycles. The summed E-state index contributed by atoms with van der Waals surface area (Å²) in [6, 6.07) is 0. The van der Waals surface area contributed by atoms with Crippen LogP contribution in [0, 0.1) is 6.92 Å². The highest BCUT2D eigenvalue weighted by atomic mass is 32.1. The van der Waals surface area contributed by atoms with E-state index < -0.39 is 5.54 Å². The van der Waals surface area contributed by atoms with Gasteiger partial charge < -0.3 is 15.0 Å². The van der Waals surface area contributed by atoms with Crippen LogP contribution in [0.4, 0.5) is 0 Å². The van der Waals surface area contributed by atoms with Crippen LogP contribution in [0.5, 0.6) is 0 Å². The standard InChI is InChI=1S/C10H14N4O2S/c1-6-12-7(4-17-6)8-13-9(14-16-8)10(2,11)5-15-3/h4H,5,11H2,1-3H3. The van der Waals surface area contributed by atoms with Crippen LogP contribution in [0.15, 0.2) is 9.90 Å². The van der Waals surface area contributed by atoms with Gasteiger partial charge >= 0.3 is 0 Å². The van der Waals surface area contributed by atoms with Crippen molar-refractivity contribution >= 4 is 11.3 Å². The Labute approximate surface area is 103 Å². The molecule has 1 atom stereocenters. The van der Waals surface area contributed by atoms with E-state index in [0.29, 0.717) is 24.0 Å². The highest BCUT2D eigenvalue weighted by Gasteiger charge is 2.28. The van der Waals surface area contributed by atoms with Crippen LogP contribution in [0.2, 0.25) is 0 Å². The van der Waals surface area contributed by atoms with Crippen LogP contribution in [-0.4, -0.2) is 28.8 Å². The lowest BCUT2D eigenvalue weighted by molar-refractivity contribution is 0.135. The smallest absolute Gasteiger partial charge is 0.277 e. The molecule has 0 spiro atoms. The lowest BCUT2D eigenvalue weighted by atomic mass is 10.1. The normalized spacial score (nSPS) is 14.8. The maximum atomic E-state index is 6.02. The SMILES string of the molecule is COCC(C)(N)c1noc(-c2csc(C)n2)n1. The van der Waals surface area contributed by atoms with Crippen molar-refractivity contribution in [2.45, 2.75) is 19.4 Å². The first-order valence-electron chi connectivity index (χ1n) is 5.07. The quantitative estimate of drug-likeness (QED) is 0.885. The van der Waals surface area contributed by atoms with E-state index in [-0.39, 0.29) is 0 Å². The molecule has 0 radical (unpaired) electrons. The van der Waals surface area contributed by atoms with E-state index in [1.807, 2.05) is 12.3 Å². The summed E-state index contributed by atoms with van der Waals surface area (Å²) < 4.78 is 10.2. The van der Waals surface area contributed by atoms with E-state index >= 15 is 0 Å². The fourth-order valence-corrected chi connectivity index (χ4v) is 1.97. The summed E-state index contributed by atoms with van der Waals surface area (Å²) in [5.41, 5.74) is 5.94. The van der Waals surface area contributed by atoms with Gasteiger partial charge in [-0.1, -0.05) is 5.16 Å². The molecule has 2 aromatic rings. The van der Waals surface area contributed by atoms with Gasteiger partial charge in [0.1, 0.15) is 11.2 Å². The molecule has 2 aromatic heterocycles. The van der Waals surface area contributed by atoms with Gasteiger partial charge in [0, 0.05) is 12.5 Å². The first-order valence-corrected chi connectivity index (χ1v) is 5.95. The molecule has 0 saturated carbocycles. The fraction of sp³-hybridized carbons (Fsp3) is 0.500. The van der Waals surface area contributed by atoms with Crippen LogP contribution in [0.3, 0.4) is 0 Å². The van der Waals surface area contributed by atoms with Gasteiger partial charge in [0.05, 0.1) is 11.6 Å². The predicted molar refractivity (Wildman–Crippen MR) is 63.6 cm³/mol. The molecule has 2 N–H and O–H groups in total. The zero-order chi connectivity index (χ0) is 12.5. The van der Waals surface area contributed by atoms with Crippen LogP contribution in [0.1, 0.15) is 17.8 Å². The molecule has 92 valence electrons. The zero-order valence-corrected chi connectivity index (χ0v) is 10.7. The summed E-state index contributed by atoms with van der Waals surface area (Å²) in [6.45, 7) is 4.03. The Morgan fingerprint density at radius 1 is 1.53 bits per heavy atom. The van der Waals surface area contributed by atoms with Crippen molar-refractivity contribution in [2.24, 2.45) is 5.73 Å². The topological polar surface area (TPSA) is 87.1 Å². The van der Waals surface area contributed by atoms with E-state index in [1.165, 1.54) is 11.3 Å². The molecule has 1 unspecified atom stereocenters. The van der Waals surface area contributed by atoms with Gasteiger partial charge in [-0.05, 0) is 13.8 Å². The van der Waals surface area contributed by atoms with E-state index in [0.717, 1.165) is 5.01 Å². The summed E-state index contributed by atoms with van der Waals surface area (Å²) in [4.78, 5) is 8.52. The predicted octanol–water partition coefficient (Wildman–Crippen LogP) is 1.32. The number of aromatic nitrogens is 3. The van der Waals surface area contributed by atoms with Crippen LogP contribution >= 0.6 is 11.3 Å². The maximum Gasteiger partial charge on any atom is 0.277 e. The Kier molecular flexibility index (Phi) is 3.23. The number of aryl methyl sites for hydroxylation is 1. The third kappa shape index (κ3) is 2.51. The average Bonchev–Trinajstić information content (AvgIpc) is 2.85. The number of thiazole rings is 1. The number of nitrogens with two attached hydrogens (primary N) is 1.